The highest BCUT2D eigenvalue weighted by Crippen LogP contribution is 2.17. The van der Waals surface area contributed by atoms with Crippen LogP contribution >= 0.6 is 15.9 Å². The molecule has 1 N–H and O–H groups in total. The SMILES string of the molecule is CC[C@@H]1N=CNC=C1Br. The van der Waals surface area contributed by atoms with Crippen molar-refractivity contribution in [2.45, 2.75) is 19.4 Å². The molecule has 0 bridgehead atoms. The van der Waals surface area contributed by atoms with E-state index < -0.39 is 0 Å². The van der Waals surface area contributed by atoms with E-state index in [9.17, 15) is 0 Å². The molecule has 0 radical (unpaired) electrons. The number of hydrogen-bond acceptors (Lipinski definition) is 2. The van der Waals surface area contributed by atoms with E-state index in [1.165, 1.54) is 0 Å². The third kappa shape index (κ3) is 1.55. The van der Waals surface area contributed by atoms with Crippen molar-refractivity contribution in [1.29, 1.82) is 0 Å². The molecule has 1 heterocycles. The molecule has 0 fully saturated rings. The Hall–Kier alpha value is -0.310. The molecule has 0 unspecified atom stereocenters. The van der Waals surface area contributed by atoms with Gasteiger partial charge < -0.3 is 5.32 Å². The fraction of sp³-hybridized carbons (Fsp3) is 0.500. The molecular formula is C6H9BrN2. The number of aliphatic imine (C=N–C) groups is 1. The number of hydrogen-bond donors (Lipinski definition) is 1. The summed E-state index contributed by atoms with van der Waals surface area (Å²) in [7, 11) is 0. The molecule has 2 nitrogen and oxygen atoms in total. The van der Waals surface area contributed by atoms with Crippen molar-refractivity contribution in [3.8, 4) is 0 Å². The third-order valence-electron chi connectivity index (χ3n) is 1.26. The first-order chi connectivity index (χ1) is 4.34. The van der Waals surface area contributed by atoms with Gasteiger partial charge in [0.1, 0.15) is 0 Å². The summed E-state index contributed by atoms with van der Waals surface area (Å²) in [6, 6.07) is 0.339. The molecule has 0 saturated heterocycles. The van der Waals surface area contributed by atoms with Gasteiger partial charge in [-0.3, -0.25) is 4.99 Å². The summed E-state index contributed by atoms with van der Waals surface area (Å²) >= 11 is 3.40. The van der Waals surface area contributed by atoms with Crippen LogP contribution in [-0.4, -0.2) is 12.4 Å². The molecule has 3 heteroatoms. The predicted molar refractivity (Wildman–Crippen MR) is 42.7 cm³/mol. The molecule has 1 rings (SSSR count). The van der Waals surface area contributed by atoms with Gasteiger partial charge >= 0.3 is 0 Å². The Kier molecular flexibility index (Phi) is 2.28. The summed E-state index contributed by atoms with van der Waals surface area (Å²) in [5.41, 5.74) is 0. The lowest BCUT2D eigenvalue weighted by atomic mass is 10.2. The second-order valence-corrected chi connectivity index (χ2v) is 2.81. The van der Waals surface area contributed by atoms with E-state index in [1.807, 2.05) is 6.20 Å². The van der Waals surface area contributed by atoms with Crippen molar-refractivity contribution < 1.29 is 0 Å². The van der Waals surface area contributed by atoms with Crippen molar-refractivity contribution in [2.75, 3.05) is 0 Å². The van der Waals surface area contributed by atoms with Crippen LogP contribution in [-0.2, 0) is 0 Å². The zero-order chi connectivity index (χ0) is 6.69. The Morgan fingerprint density at radius 1 is 1.89 bits per heavy atom. The van der Waals surface area contributed by atoms with E-state index in [2.05, 4.69) is 33.2 Å². The number of halogens is 1. The van der Waals surface area contributed by atoms with Gasteiger partial charge in [-0.15, -0.1) is 0 Å². The van der Waals surface area contributed by atoms with Crippen molar-refractivity contribution in [2.24, 2.45) is 4.99 Å². The van der Waals surface area contributed by atoms with Gasteiger partial charge in [-0.05, 0) is 6.42 Å². The molecule has 1 aliphatic rings. The normalized spacial score (nSPS) is 25.1. The molecular weight excluding hydrogens is 180 g/mol. The molecule has 0 aromatic heterocycles. The average Bonchev–Trinajstić information content (AvgIpc) is 1.89. The summed E-state index contributed by atoms with van der Waals surface area (Å²) in [5.74, 6) is 0. The first-order valence-corrected chi connectivity index (χ1v) is 3.77. The maximum absolute atomic E-state index is 4.18. The Morgan fingerprint density at radius 3 is 3.11 bits per heavy atom. The lowest BCUT2D eigenvalue weighted by Gasteiger charge is -2.12. The smallest absolute Gasteiger partial charge is 0.0871 e. The van der Waals surface area contributed by atoms with Gasteiger partial charge in [0, 0.05) is 10.7 Å². The Balaban J connectivity index is 2.59. The maximum atomic E-state index is 4.18. The molecule has 1 atom stereocenters. The number of nitrogens with one attached hydrogen (secondary N) is 1. The van der Waals surface area contributed by atoms with E-state index in [0.29, 0.717) is 6.04 Å². The molecule has 0 aromatic carbocycles. The lowest BCUT2D eigenvalue weighted by molar-refractivity contribution is 0.762. The first-order valence-electron chi connectivity index (χ1n) is 2.98. The minimum absolute atomic E-state index is 0.339. The molecule has 0 aromatic rings. The van der Waals surface area contributed by atoms with Gasteiger partial charge in [-0.1, -0.05) is 22.9 Å². The third-order valence-corrected chi connectivity index (χ3v) is 2.01. The van der Waals surface area contributed by atoms with Gasteiger partial charge in [-0.2, -0.15) is 0 Å². The predicted octanol–water partition coefficient (Wildman–Crippen LogP) is 1.63. The zero-order valence-electron chi connectivity index (χ0n) is 5.26. The minimum atomic E-state index is 0.339. The molecule has 0 spiro atoms. The summed E-state index contributed by atoms with van der Waals surface area (Å²) in [5, 5.41) is 2.90. The Morgan fingerprint density at radius 2 is 2.67 bits per heavy atom. The lowest BCUT2D eigenvalue weighted by Crippen LogP contribution is -2.15. The molecule has 9 heavy (non-hydrogen) atoms. The molecule has 0 aliphatic carbocycles. The van der Waals surface area contributed by atoms with Crippen LogP contribution in [0.15, 0.2) is 15.7 Å². The van der Waals surface area contributed by atoms with Crippen LogP contribution in [0.25, 0.3) is 0 Å². The van der Waals surface area contributed by atoms with E-state index in [4.69, 9.17) is 0 Å². The van der Waals surface area contributed by atoms with Crippen molar-refractivity contribution in [3.05, 3.63) is 10.7 Å². The highest BCUT2D eigenvalue weighted by atomic mass is 79.9. The van der Waals surface area contributed by atoms with Gasteiger partial charge in [-0.25, -0.2) is 0 Å². The van der Waals surface area contributed by atoms with Gasteiger partial charge in [0.25, 0.3) is 0 Å². The van der Waals surface area contributed by atoms with E-state index in [0.717, 1.165) is 10.9 Å². The minimum Gasteiger partial charge on any atom is -0.352 e. The molecule has 0 saturated carbocycles. The van der Waals surface area contributed by atoms with Crippen LogP contribution in [0, 0.1) is 0 Å². The summed E-state index contributed by atoms with van der Waals surface area (Å²) < 4.78 is 1.13. The van der Waals surface area contributed by atoms with Crippen molar-refractivity contribution in [1.82, 2.24) is 5.32 Å². The van der Waals surface area contributed by atoms with E-state index >= 15 is 0 Å². The highest BCUT2D eigenvalue weighted by Gasteiger charge is 2.08. The monoisotopic (exact) mass is 188 g/mol. The van der Waals surface area contributed by atoms with Crippen LogP contribution in [0.5, 0.6) is 0 Å². The Bertz CT molecular complexity index is 151. The van der Waals surface area contributed by atoms with Gasteiger partial charge in [0.05, 0.1) is 12.4 Å². The zero-order valence-corrected chi connectivity index (χ0v) is 6.85. The largest absolute Gasteiger partial charge is 0.352 e. The molecule has 0 amide bonds. The summed E-state index contributed by atoms with van der Waals surface area (Å²) in [4.78, 5) is 4.18. The summed E-state index contributed by atoms with van der Waals surface area (Å²) in [6.07, 6.45) is 4.69. The fourth-order valence-electron chi connectivity index (χ4n) is 0.718. The van der Waals surface area contributed by atoms with E-state index in [-0.39, 0.29) is 0 Å². The number of rotatable bonds is 1. The number of nitrogens with zero attached hydrogens (tertiary/aromatic N) is 1. The fourth-order valence-corrected chi connectivity index (χ4v) is 1.29. The average molecular weight is 189 g/mol. The van der Waals surface area contributed by atoms with Crippen molar-refractivity contribution in [3.63, 3.8) is 0 Å². The van der Waals surface area contributed by atoms with E-state index in [1.54, 1.807) is 6.34 Å². The molecule has 1 aliphatic heterocycles. The van der Waals surface area contributed by atoms with Crippen LogP contribution in [0.1, 0.15) is 13.3 Å². The van der Waals surface area contributed by atoms with Crippen LogP contribution < -0.4 is 5.32 Å². The second-order valence-electron chi connectivity index (χ2n) is 1.90. The quantitative estimate of drug-likeness (QED) is 0.666. The van der Waals surface area contributed by atoms with Crippen LogP contribution in [0.2, 0.25) is 0 Å². The maximum Gasteiger partial charge on any atom is 0.0871 e. The molecule has 50 valence electrons. The first kappa shape index (κ1) is 6.81. The van der Waals surface area contributed by atoms with Gasteiger partial charge in [0.2, 0.25) is 0 Å². The van der Waals surface area contributed by atoms with Crippen LogP contribution in [0.3, 0.4) is 0 Å². The highest BCUT2D eigenvalue weighted by molar-refractivity contribution is 9.11. The topological polar surface area (TPSA) is 24.4 Å². The Labute approximate surface area is 63.2 Å². The second kappa shape index (κ2) is 3.01. The van der Waals surface area contributed by atoms with Crippen molar-refractivity contribution >= 4 is 22.3 Å². The van der Waals surface area contributed by atoms with Crippen LogP contribution in [0.4, 0.5) is 0 Å². The summed E-state index contributed by atoms with van der Waals surface area (Å²) in [6.45, 7) is 2.11. The van der Waals surface area contributed by atoms with Gasteiger partial charge in [0.15, 0.2) is 0 Å². The standard InChI is InChI=1S/C6H9BrN2/c1-2-6-5(7)3-8-4-9-6/h3-4,6H,2H2,1H3,(H,8,9)/t6-/m0/s1.